The summed E-state index contributed by atoms with van der Waals surface area (Å²) >= 11 is 1.40. The fourth-order valence-electron chi connectivity index (χ4n) is 1.60. The van der Waals surface area contributed by atoms with Gasteiger partial charge in [-0.15, -0.1) is 11.3 Å². The number of thiazole rings is 1. The van der Waals surface area contributed by atoms with Gasteiger partial charge in [0.25, 0.3) is 0 Å². The van der Waals surface area contributed by atoms with Gasteiger partial charge in [-0.25, -0.2) is 13.1 Å². The minimum Gasteiger partial charge on any atom is -0.392 e. The SMILES string of the molecule is O=S(=O)(Cc1cccc(CO)c1)NCc1cncs1. The minimum atomic E-state index is -3.39. The van der Waals surface area contributed by atoms with Gasteiger partial charge in [0.05, 0.1) is 17.9 Å². The van der Waals surface area contributed by atoms with E-state index in [1.165, 1.54) is 11.3 Å². The van der Waals surface area contributed by atoms with Crippen LogP contribution in [0.25, 0.3) is 0 Å². The molecule has 0 saturated carbocycles. The van der Waals surface area contributed by atoms with E-state index in [-0.39, 0.29) is 18.9 Å². The molecule has 2 rings (SSSR count). The highest BCUT2D eigenvalue weighted by molar-refractivity contribution is 7.88. The first-order valence-electron chi connectivity index (χ1n) is 5.62. The van der Waals surface area contributed by atoms with E-state index in [1.807, 2.05) is 0 Å². The highest BCUT2D eigenvalue weighted by Gasteiger charge is 2.12. The molecule has 0 bridgehead atoms. The van der Waals surface area contributed by atoms with Gasteiger partial charge in [0.1, 0.15) is 0 Å². The first kappa shape index (κ1) is 14.1. The molecule has 0 saturated heterocycles. The van der Waals surface area contributed by atoms with Crippen molar-refractivity contribution in [2.75, 3.05) is 0 Å². The summed E-state index contributed by atoms with van der Waals surface area (Å²) < 4.78 is 26.3. The summed E-state index contributed by atoms with van der Waals surface area (Å²) in [5.41, 5.74) is 3.02. The third-order valence-corrected chi connectivity index (χ3v) is 4.56. The monoisotopic (exact) mass is 298 g/mol. The lowest BCUT2D eigenvalue weighted by molar-refractivity contribution is 0.282. The molecule has 1 aromatic heterocycles. The van der Waals surface area contributed by atoms with Crippen LogP contribution in [0.2, 0.25) is 0 Å². The van der Waals surface area contributed by atoms with Crippen LogP contribution in [0.1, 0.15) is 16.0 Å². The fraction of sp³-hybridized carbons (Fsp3) is 0.250. The summed E-state index contributed by atoms with van der Waals surface area (Å²) in [6.07, 6.45) is 1.64. The van der Waals surface area contributed by atoms with Crippen LogP contribution in [0, 0.1) is 0 Å². The topological polar surface area (TPSA) is 79.3 Å². The van der Waals surface area contributed by atoms with Crippen molar-refractivity contribution in [1.29, 1.82) is 0 Å². The van der Waals surface area contributed by atoms with Crippen molar-refractivity contribution >= 4 is 21.4 Å². The first-order chi connectivity index (χ1) is 9.09. The molecule has 2 aromatic rings. The first-order valence-corrected chi connectivity index (χ1v) is 8.15. The molecule has 0 unspecified atom stereocenters. The van der Waals surface area contributed by atoms with Crippen LogP contribution < -0.4 is 4.72 Å². The second-order valence-electron chi connectivity index (χ2n) is 4.03. The Bertz CT molecular complexity index is 624. The zero-order chi connectivity index (χ0) is 13.7. The second-order valence-corrected chi connectivity index (χ2v) is 6.80. The van der Waals surface area contributed by atoms with Crippen molar-refractivity contribution in [1.82, 2.24) is 9.71 Å². The lowest BCUT2D eigenvalue weighted by Crippen LogP contribution is -2.24. The van der Waals surface area contributed by atoms with Crippen LogP contribution in [0.3, 0.4) is 0 Å². The second kappa shape index (κ2) is 6.25. The molecule has 0 radical (unpaired) electrons. The Kier molecular flexibility index (Phi) is 4.65. The van der Waals surface area contributed by atoms with E-state index in [2.05, 4.69) is 9.71 Å². The highest BCUT2D eigenvalue weighted by atomic mass is 32.2. The van der Waals surface area contributed by atoms with E-state index in [1.54, 1.807) is 36.0 Å². The summed E-state index contributed by atoms with van der Waals surface area (Å²) in [7, 11) is -3.39. The highest BCUT2D eigenvalue weighted by Crippen LogP contribution is 2.10. The Morgan fingerprint density at radius 2 is 2.11 bits per heavy atom. The van der Waals surface area contributed by atoms with Gasteiger partial charge in [0.2, 0.25) is 10.0 Å². The van der Waals surface area contributed by atoms with Crippen molar-refractivity contribution in [3.05, 3.63) is 52.0 Å². The summed E-state index contributed by atoms with van der Waals surface area (Å²) in [4.78, 5) is 4.75. The minimum absolute atomic E-state index is 0.0951. The number of aliphatic hydroxyl groups excluding tert-OH is 1. The molecule has 2 N–H and O–H groups in total. The molecule has 102 valence electrons. The molecule has 7 heteroatoms. The Labute approximate surface area is 116 Å². The average molecular weight is 298 g/mol. The molecular formula is C12H14N2O3S2. The Morgan fingerprint density at radius 1 is 1.32 bits per heavy atom. The Morgan fingerprint density at radius 3 is 2.79 bits per heavy atom. The van der Waals surface area contributed by atoms with Crippen LogP contribution in [0.15, 0.2) is 36.0 Å². The smallest absolute Gasteiger partial charge is 0.216 e. The van der Waals surface area contributed by atoms with E-state index < -0.39 is 10.0 Å². The van der Waals surface area contributed by atoms with Crippen molar-refractivity contribution in [2.45, 2.75) is 18.9 Å². The van der Waals surface area contributed by atoms with E-state index in [0.717, 1.165) is 4.88 Å². The normalized spacial score (nSPS) is 11.6. The van der Waals surface area contributed by atoms with Crippen molar-refractivity contribution in [2.24, 2.45) is 0 Å². The number of benzene rings is 1. The number of hydrogen-bond donors (Lipinski definition) is 2. The van der Waals surface area contributed by atoms with Crippen LogP contribution in [0.5, 0.6) is 0 Å². The maximum atomic E-state index is 11.9. The van der Waals surface area contributed by atoms with Crippen molar-refractivity contribution in [3.63, 3.8) is 0 Å². The van der Waals surface area contributed by atoms with Gasteiger partial charge in [-0.05, 0) is 11.1 Å². The average Bonchev–Trinajstić information content (AvgIpc) is 2.89. The van der Waals surface area contributed by atoms with Crippen molar-refractivity contribution in [3.8, 4) is 0 Å². The lowest BCUT2D eigenvalue weighted by atomic mass is 10.1. The molecule has 5 nitrogen and oxygen atoms in total. The molecule has 0 spiro atoms. The van der Waals surface area contributed by atoms with E-state index in [4.69, 9.17) is 5.11 Å². The predicted molar refractivity (Wildman–Crippen MR) is 73.9 cm³/mol. The summed E-state index contributed by atoms with van der Waals surface area (Å²) in [5.74, 6) is -0.0976. The van der Waals surface area contributed by atoms with Gasteiger partial charge < -0.3 is 5.11 Å². The van der Waals surface area contributed by atoms with E-state index in [9.17, 15) is 8.42 Å². The molecule has 1 heterocycles. The maximum absolute atomic E-state index is 11.9. The number of nitrogens with one attached hydrogen (secondary N) is 1. The van der Waals surface area contributed by atoms with Crippen LogP contribution in [0.4, 0.5) is 0 Å². The molecule has 0 amide bonds. The molecule has 0 fully saturated rings. The fourth-order valence-corrected chi connectivity index (χ4v) is 3.32. The quantitative estimate of drug-likeness (QED) is 0.841. The number of sulfonamides is 1. The van der Waals surface area contributed by atoms with Gasteiger partial charge in [0.15, 0.2) is 0 Å². The van der Waals surface area contributed by atoms with Gasteiger partial charge in [-0.1, -0.05) is 24.3 Å². The van der Waals surface area contributed by atoms with E-state index >= 15 is 0 Å². The summed E-state index contributed by atoms with van der Waals surface area (Å²) in [6.45, 7) is 0.162. The van der Waals surface area contributed by atoms with Crippen LogP contribution in [-0.2, 0) is 28.9 Å². The molecule has 0 aliphatic heterocycles. The van der Waals surface area contributed by atoms with Crippen LogP contribution >= 0.6 is 11.3 Å². The van der Waals surface area contributed by atoms with Gasteiger partial charge in [-0.3, -0.25) is 4.98 Å². The number of aromatic nitrogens is 1. The zero-order valence-electron chi connectivity index (χ0n) is 10.1. The molecule has 0 aliphatic carbocycles. The predicted octanol–water partition coefficient (Wildman–Crippen LogP) is 1.26. The number of rotatable bonds is 6. The zero-order valence-corrected chi connectivity index (χ0v) is 11.7. The molecule has 0 atom stereocenters. The molecular weight excluding hydrogens is 284 g/mol. The number of aliphatic hydroxyl groups is 1. The summed E-state index contributed by atoms with van der Waals surface area (Å²) in [5, 5.41) is 9.02. The van der Waals surface area contributed by atoms with Gasteiger partial charge >= 0.3 is 0 Å². The van der Waals surface area contributed by atoms with Gasteiger partial charge in [0, 0.05) is 17.6 Å². The maximum Gasteiger partial charge on any atom is 0.216 e. The van der Waals surface area contributed by atoms with Gasteiger partial charge in [-0.2, -0.15) is 0 Å². The number of nitrogens with zero attached hydrogens (tertiary/aromatic N) is 1. The van der Waals surface area contributed by atoms with E-state index in [0.29, 0.717) is 11.1 Å². The Hall–Kier alpha value is -1.28. The third-order valence-electron chi connectivity index (χ3n) is 2.48. The Balaban J connectivity index is 2.00. The molecule has 0 aliphatic rings. The largest absolute Gasteiger partial charge is 0.392 e. The molecule has 19 heavy (non-hydrogen) atoms. The lowest BCUT2D eigenvalue weighted by Gasteiger charge is -2.06. The number of hydrogen-bond acceptors (Lipinski definition) is 5. The van der Waals surface area contributed by atoms with Crippen molar-refractivity contribution < 1.29 is 13.5 Å². The standard InChI is InChI=1S/C12H14N2O3S2/c15-7-10-2-1-3-11(4-10)8-19(16,17)14-6-12-5-13-9-18-12/h1-5,9,14-15H,6-8H2. The summed E-state index contributed by atoms with van der Waals surface area (Å²) in [6, 6.07) is 6.90. The van der Waals surface area contributed by atoms with Crippen LogP contribution in [-0.4, -0.2) is 18.5 Å². The molecule has 1 aromatic carbocycles. The third kappa shape index (κ3) is 4.39.